The van der Waals surface area contributed by atoms with Gasteiger partial charge in [0.15, 0.2) is 17.5 Å². The van der Waals surface area contributed by atoms with E-state index in [1.165, 1.54) is 4.90 Å². The summed E-state index contributed by atoms with van der Waals surface area (Å²) in [6.07, 6.45) is 0.737. The van der Waals surface area contributed by atoms with E-state index in [1.807, 2.05) is 0 Å². The number of oxime groups is 1. The van der Waals surface area contributed by atoms with Gasteiger partial charge in [-0.25, -0.2) is 13.2 Å². The summed E-state index contributed by atoms with van der Waals surface area (Å²) in [7, 11) is 0. The first-order chi connectivity index (χ1) is 9.04. The van der Waals surface area contributed by atoms with Gasteiger partial charge in [0.1, 0.15) is 0 Å². The molecule has 1 aromatic rings. The second-order valence-corrected chi connectivity index (χ2v) is 4.18. The molecule has 0 unspecified atom stereocenters. The molecule has 4 nitrogen and oxygen atoms in total. The Morgan fingerprint density at radius 1 is 1.16 bits per heavy atom. The van der Waals surface area contributed by atoms with Gasteiger partial charge < -0.3 is 10.1 Å². The van der Waals surface area contributed by atoms with Crippen molar-refractivity contribution >= 4 is 11.6 Å². The topological polar surface area (TPSA) is 52.9 Å². The van der Waals surface area contributed by atoms with Gasteiger partial charge in [0.25, 0.3) is 5.91 Å². The summed E-state index contributed by atoms with van der Waals surface area (Å²) < 4.78 is 39.3. The fourth-order valence-corrected chi connectivity index (χ4v) is 1.93. The quantitative estimate of drug-likeness (QED) is 0.484. The largest absolute Gasteiger partial charge is 0.411 e. The zero-order valence-corrected chi connectivity index (χ0v) is 9.87. The Morgan fingerprint density at radius 2 is 1.79 bits per heavy atom. The van der Waals surface area contributed by atoms with Crippen molar-refractivity contribution in [3.8, 4) is 0 Å². The fourth-order valence-electron chi connectivity index (χ4n) is 1.93. The fraction of sp³-hybridized carbons (Fsp3) is 0.333. The molecule has 1 aliphatic heterocycles. The number of rotatable bonds is 1. The maximum atomic E-state index is 13.5. The van der Waals surface area contributed by atoms with Crippen molar-refractivity contribution in [3.63, 3.8) is 0 Å². The average molecular weight is 272 g/mol. The Balaban J connectivity index is 2.19. The lowest BCUT2D eigenvalue weighted by Gasteiger charge is -2.27. The highest BCUT2D eigenvalue weighted by molar-refractivity contribution is 5.96. The maximum Gasteiger partial charge on any atom is 0.256 e. The molecule has 102 valence electrons. The number of amides is 1. The van der Waals surface area contributed by atoms with E-state index >= 15 is 0 Å². The molecule has 7 heteroatoms. The van der Waals surface area contributed by atoms with Gasteiger partial charge in [-0.05, 0) is 12.1 Å². The van der Waals surface area contributed by atoms with E-state index in [4.69, 9.17) is 5.21 Å². The Labute approximate surface area is 107 Å². The highest BCUT2D eigenvalue weighted by Gasteiger charge is 2.25. The first-order valence-corrected chi connectivity index (χ1v) is 5.67. The third kappa shape index (κ3) is 2.54. The average Bonchev–Trinajstić information content (AvgIpc) is 2.44. The molecule has 1 fully saturated rings. The van der Waals surface area contributed by atoms with Crippen LogP contribution in [0, 0.1) is 17.5 Å². The summed E-state index contributed by atoms with van der Waals surface area (Å²) in [6, 6.07) is 1.64. The van der Waals surface area contributed by atoms with Crippen molar-refractivity contribution in [1.29, 1.82) is 0 Å². The normalized spacial score (nSPS) is 15.5. The number of halogens is 3. The summed E-state index contributed by atoms with van der Waals surface area (Å²) in [6.45, 7) is 0.493. The number of likely N-dealkylation sites (tertiary alicyclic amines) is 1. The zero-order chi connectivity index (χ0) is 14.0. The highest BCUT2D eigenvalue weighted by atomic mass is 19.2. The summed E-state index contributed by atoms with van der Waals surface area (Å²) in [5, 5.41) is 11.6. The molecule has 1 heterocycles. The molecule has 0 radical (unpaired) electrons. The first-order valence-electron chi connectivity index (χ1n) is 5.67. The van der Waals surface area contributed by atoms with E-state index in [0.717, 1.165) is 12.1 Å². The van der Waals surface area contributed by atoms with Gasteiger partial charge in [-0.15, -0.1) is 0 Å². The van der Waals surface area contributed by atoms with Gasteiger partial charge in [-0.2, -0.15) is 0 Å². The van der Waals surface area contributed by atoms with Gasteiger partial charge in [0, 0.05) is 25.9 Å². The van der Waals surface area contributed by atoms with E-state index in [0.29, 0.717) is 18.6 Å². The number of nitrogens with zero attached hydrogens (tertiary/aromatic N) is 2. The van der Waals surface area contributed by atoms with Crippen LogP contribution in [-0.2, 0) is 0 Å². The van der Waals surface area contributed by atoms with Crippen molar-refractivity contribution in [2.45, 2.75) is 12.8 Å². The lowest BCUT2D eigenvalue weighted by molar-refractivity contribution is 0.0747. The molecule has 0 spiro atoms. The van der Waals surface area contributed by atoms with Gasteiger partial charge in [-0.1, -0.05) is 5.16 Å². The molecule has 1 amide bonds. The van der Waals surface area contributed by atoms with Crippen LogP contribution in [0.25, 0.3) is 0 Å². The van der Waals surface area contributed by atoms with Crippen molar-refractivity contribution < 1.29 is 23.2 Å². The molecule has 1 saturated heterocycles. The van der Waals surface area contributed by atoms with E-state index in [9.17, 15) is 18.0 Å². The van der Waals surface area contributed by atoms with Crippen LogP contribution in [0.15, 0.2) is 17.3 Å². The predicted molar refractivity (Wildman–Crippen MR) is 60.7 cm³/mol. The van der Waals surface area contributed by atoms with Crippen LogP contribution in [0.4, 0.5) is 13.2 Å². The van der Waals surface area contributed by atoms with Crippen LogP contribution in [0.3, 0.4) is 0 Å². The number of hydrogen-bond donors (Lipinski definition) is 1. The monoisotopic (exact) mass is 272 g/mol. The van der Waals surface area contributed by atoms with Crippen LogP contribution in [-0.4, -0.2) is 34.8 Å². The smallest absolute Gasteiger partial charge is 0.256 e. The number of piperidine rings is 1. The van der Waals surface area contributed by atoms with Crippen LogP contribution in [0.1, 0.15) is 23.2 Å². The molecule has 0 saturated carbocycles. The minimum absolute atomic E-state index is 0.247. The standard InChI is InChI=1S/C12H11F3N2O2/c13-9-2-1-8(10(14)11(9)15)12(18)17-5-3-7(16-19)4-6-17/h1-2,19H,3-6H2. The lowest BCUT2D eigenvalue weighted by Crippen LogP contribution is -2.39. The minimum atomic E-state index is -1.65. The maximum absolute atomic E-state index is 13.5. The Kier molecular flexibility index (Phi) is 3.73. The second-order valence-electron chi connectivity index (χ2n) is 4.18. The minimum Gasteiger partial charge on any atom is -0.411 e. The summed E-state index contributed by atoms with van der Waals surface area (Å²) in [5.41, 5.74) is 0.0538. The second kappa shape index (κ2) is 5.29. The third-order valence-corrected chi connectivity index (χ3v) is 3.03. The number of benzene rings is 1. The van der Waals surface area contributed by atoms with Crippen LogP contribution < -0.4 is 0 Å². The SMILES string of the molecule is O=C(c1ccc(F)c(F)c1F)N1CCC(=NO)CC1. The predicted octanol–water partition coefficient (Wildman–Crippen LogP) is 2.17. The number of carbonyl (C=O) groups excluding carboxylic acids is 1. The zero-order valence-electron chi connectivity index (χ0n) is 9.87. The summed E-state index contributed by atoms with van der Waals surface area (Å²) >= 11 is 0. The molecule has 1 aliphatic rings. The number of hydrogen-bond acceptors (Lipinski definition) is 3. The highest BCUT2D eigenvalue weighted by Crippen LogP contribution is 2.18. The van der Waals surface area contributed by atoms with Crippen LogP contribution in [0.2, 0.25) is 0 Å². The lowest BCUT2D eigenvalue weighted by atomic mass is 10.1. The molecule has 0 bridgehead atoms. The summed E-state index contributed by atoms with van der Waals surface area (Å²) in [5.74, 6) is -5.16. The first kappa shape index (κ1) is 13.4. The molecule has 0 aliphatic carbocycles. The summed E-state index contributed by atoms with van der Waals surface area (Å²) in [4.78, 5) is 13.3. The Hall–Kier alpha value is -2.05. The molecular formula is C12H11F3N2O2. The molecular weight excluding hydrogens is 261 g/mol. The number of carbonyl (C=O) groups is 1. The molecule has 2 rings (SSSR count). The van der Waals surface area contributed by atoms with Crippen molar-refractivity contribution in [2.75, 3.05) is 13.1 Å². The van der Waals surface area contributed by atoms with Gasteiger partial charge in [0.2, 0.25) is 0 Å². The molecule has 19 heavy (non-hydrogen) atoms. The molecule has 0 aromatic heterocycles. The Bertz CT molecular complexity index is 536. The van der Waals surface area contributed by atoms with Crippen LogP contribution in [0.5, 0.6) is 0 Å². The van der Waals surface area contributed by atoms with Crippen molar-refractivity contribution in [3.05, 3.63) is 35.1 Å². The molecule has 1 aromatic carbocycles. The van der Waals surface area contributed by atoms with E-state index in [-0.39, 0.29) is 13.1 Å². The molecule has 0 atom stereocenters. The van der Waals surface area contributed by atoms with Crippen molar-refractivity contribution in [2.24, 2.45) is 5.16 Å². The van der Waals surface area contributed by atoms with E-state index in [1.54, 1.807) is 0 Å². The Morgan fingerprint density at radius 3 is 2.37 bits per heavy atom. The third-order valence-electron chi connectivity index (χ3n) is 3.03. The van der Waals surface area contributed by atoms with Gasteiger partial charge >= 0.3 is 0 Å². The van der Waals surface area contributed by atoms with Gasteiger partial charge in [0.05, 0.1) is 11.3 Å². The van der Waals surface area contributed by atoms with Crippen LogP contribution >= 0.6 is 0 Å². The van der Waals surface area contributed by atoms with Crippen molar-refractivity contribution in [1.82, 2.24) is 4.90 Å². The van der Waals surface area contributed by atoms with E-state index < -0.39 is 28.9 Å². The molecule has 1 N–H and O–H groups in total. The van der Waals surface area contributed by atoms with Gasteiger partial charge in [-0.3, -0.25) is 4.79 Å². The van der Waals surface area contributed by atoms with E-state index in [2.05, 4.69) is 5.16 Å².